The summed E-state index contributed by atoms with van der Waals surface area (Å²) in [6, 6.07) is 8.05. The van der Waals surface area contributed by atoms with E-state index >= 15 is 0 Å². The van der Waals surface area contributed by atoms with Gasteiger partial charge in [0.05, 0.1) is 10.1 Å². The number of ketones is 1. The minimum atomic E-state index is -3.44. The molecular weight excluding hydrogens is 404 g/mol. The van der Waals surface area contributed by atoms with Crippen molar-refractivity contribution < 1.29 is 22.5 Å². The Hall–Kier alpha value is -2.48. The number of nitrogens with one attached hydrogen (secondary N) is 1. The van der Waals surface area contributed by atoms with Crippen LogP contribution in [0.5, 0.6) is 0 Å². The summed E-state index contributed by atoms with van der Waals surface area (Å²) < 4.78 is 31.2. The van der Waals surface area contributed by atoms with E-state index in [2.05, 4.69) is 10.5 Å². The van der Waals surface area contributed by atoms with E-state index in [1.807, 2.05) is 0 Å². The smallest absolute Gasteiger partial charge is 0.221 e. The molecule has 1 N–H and O–H groups in total. The van der Waals surface area contributed by atoms with Crippen molar-refractivity contribution in [3.05, 3.63) is 41.8 Å². The second kappa shape index (κ2) is 8.34. The van der Waals surface area contributed by atoms with Crippen LogP contribution in [0.15, 0.2) is 39.8 Å². The summed E-state index contributed by atoms with van der Waals surface area (Å²) in [5.74, 6) is 1.18. The molecule has 0 aliphatic heterocycles. The van der Waals surface area contributed by atoms with Crippen LogP contribution in [0.4, 0.5) is 5.69 Å². The summed E-state index contributed by atoms with van der Waals surface area (Å²) in [6.07, 6.45) is 5.06. The van der Waals surface area contributed by atoms with Gasteiger partial charge in [-0.25, -0.2) is 8.42 Å². The van der Waals surface area contributed by atoms with E-state index in [1.165, 1.54) is 19.1 Å². The molecule has 1 amide bonds. The minimum absolute atomic E-state index is 0.0227. The summed E-state index contributed by atoms with van der Waals surface area (Å²) in [5, 5.41) is 6.11. The highest BCUT2D eigenvalue weighted by Crippen LogP contribution is 2.40. The molecule has 0 bridgehead atoms. The molecule has 0 saturated heterocycles. The summed E-state index contributed by atoms with van der Waals surface area (Å²) in [6.45, 7) is 1.41. The highest BCUT2D eigenvalue weighted by atomic mass is 32.2. The van der Waals surface area contributed by atoms with Gasteiger partial charge >= 0.3 is 0 Å². The number of carbonyl (C=O) groups excluding carboxylic acids is 2. The highest BCUT2D eigenvalue weighted by Gasteiger charge is 2.34. The van der Waals surface area contributed by atoms with Crippen molar-refractivity contribution in [2.75, 3.05) is 5.32 Å². The van der Waals surface area contributed by atoms with Gasteiger partial charge in [-0.05, 0) is 68.7 Å². The first-order chi connectivity index (χ1) is 14.3. The fourth-order valence-corrected chi connectivity index (χ4v) is 5.91. The van der Waals surface area contributed by atoms with Gasteiger partial charge in [-0.1, -0.05) is 5.16 Å². The molecule has 1 heterocycles. The van der Waals surface area contributed by atoms with Crippen molar-refractivity contribution in [3.8, 4) is 0 Å². The number of anilines is 1. The SMILES string of the molecule is CC(=O)Nc1ccc(S(=O)(=O)C2CCC(CC(=O)c3cc(C4CC4)on3)CC2)cc1. The van der Waals surface area contributed by atoms with Gasteiger partial charge in [-0.2, -0.15) is 0 Å². The van der Waals surface area contributed by atoms with Crippen LogP contribution in [-0.2, 0) is 14.6 Å². The lowest BCUT2D eigenvalue weighted by molar-refractivity contribution is -0.114. The molecule has 2 saturated carbocycles. The molecule has 1 aromatic carbocycles. The Balaban J connectivity index is 1.32. The molecule has 0 atom stereocenters. The lowest BCUT2D eigenvalue weighted by Crippen LogP contribution is -2.28. The van der Waals surface area contributed by atoms with Gasteiger partial charge in [-0.15, -0.1) is 0 Å². The van der Waals surface area contributed by atoms with E-state index in [-0.39, 0.29) is 22.5 Å². The van der Waals surface area contributed by atoms with Crippen LogP contribution in [0.1, 0.15) is 74.0 Å². The van der Waals surface area contributed by atoms with E-state index in [4.69, 9.17) is 4.52 Å². The Morgan fingerprint density at radius 3 is 2.33 bits per heavy atom. The molecule has 160 valence electrons. The standard InChI is InChI=1S/C22H26N2O5S/c1-14(25)23-17-6-10-19(11-7-17)30(27,28)18-8-2-15(3-9-18)12-21(26)20-13-22(29-24-20)16-4-5-16/h6-7,10-11,13,15-16,18H,2-5,8-9,12H2,1H3,(H,23,25). The summed E-state index contributed by atoms with van der Waals surface area (Å²) in [5.41, 5.74) is 0.965. The van der Waals surface area contributed by atoms with Gasteiger partial charge < -0.3 is 9.84 Å². The third-order valence-corrected chi connectivity index (χ3v) is 8.28. The first-order valence-corrected chi connectivity index (χ1v) is 12.0. The first-order valence-electron chi connectivity index (χ1n) is 10.4. The maximum atomic E-state index is 13.0. The zero-order chi connectivity index (χ0) is 21.3. The molecule has 0 spiro atoms. The number of rotatable bonds is 7. The van der Waals surface area contributed by atoms with Crippen molar-refractivity contribution in [2.24, 2.45) is 5.92 Å². The Morgan fingerprint density at radius 1 is 1.07 bits per heavy atom. The normalized spacial score (nSPS) is 21.9. The van der Waals surface area contributed by atoms with E-state index in [1.54, 1.807) is 18.2 Å². The van der Waals surface area contributed by atoms with Crippen molar-refractivity contribution in [1.29, 1.82) is 0 Å². The fourth-order valence-electron chi connectivity index (χ4n) is 4.12. The average molecular weight is 431 g/mol. The van der Waals surface area contributed by atoms with E-state index < -0.39 is 15.1 Å². The van der Waals surface area contributed by atoms with Gasteiger partial charge in [0, 0.05) is 31.0 Å². The lowest BCUT2D eigenvalue weighted by atomic mass is 9.85. The fraction of sp³-hybridized carbons (Fsp3) is 0.500. The Kier molecular flexibility index (Phi) is 5.77. The lowest BCUT2D eigenvalue weighted by Gasteiger charge is -2.27. The first kappa shape index (κ1) is 20.8. The van der Waals surface area contributed by atoms with Crippen LogP contribution in [0.3, 0.4) is 0 Å². The molecule has 2 aromatic rings. The second-order valence-corrected chi connectivity index (χ2v) is 10.6. The van der Waals surface area contributed by atoms with Crippen LogP contribution in [0.25, 0.3) is 0 Å². The second-order valence-electron chi connectivity index (χ2n) is 8.41. The van der Waals surface area contributed by atoms with Gasteiger partial charge in [0.15, 0.2) is 15.6 Å². The number of amides is 1. The number of Topliss-reactive ketones (excluding diaryl/α,β-unsaturated/α-hetero) is 1. The maximum Gasteiger partial charge on any atom is 0.221 e. The van der Waals surface area contributed by atoms with Gasteiger partial charge in [0.25, 0.3) is 0 Å². The van der Waals surface area contributed by atoms with Gasteiger partial charge in [-0.3, -0.25) is 9.59 Å². The molecule has 8 heteroatoms. The van der Waals surface area contributed by atoms with Crippen LogP contribution < -0.4 is 5.32 Å². The zero-order valence-electron chi connectivity index (χ0n) is 17.0. The number of benzene rings is 1. The quantitative estimate of drug-likeness (QED) is 0.663. The molecule has 2 aliphatic rings. The van der Waals surface area contributed by atoms with E-state index in [0.717, 1.165) is 18.6 Å². The molecule has 7 nitrogen and oxygen atoms in total. The Morgan fingerprint density at radius 2 is 1.73 bits per heavy atom. The third kappa shape index (κ3) is 4.64. The topological polar surface area (TPSA) is 106 Å². The molecule has 4 rings (SSSR count). The molecule has 0 unspecified atom stereocenters. The van der Waals surface area contributed by atoms with Crippen LogP contribution in [0.2, 0.25) is 0 Å². The molecule has 2 aliphatic carbocycles. The highest BCUT2D eigenvalue weighted by molar-refractivity contribution is 7.92. The monoisotopic (exact) mass is 430 g/mol. The third-order valence-electron chi connectivity index (χ3n) is 6.00. The van der Waals surface area contributed by atoms with E-state index in [9.17, 15) is 18.0 Å². The van der Waals surface area contributed by atoms with Crippen molar-refractivity contribution >= 4 is 27.2 Å². The van der Waals surface area contributed by atoms with Crippen molar-refractivity contribution in [2.45, 2.75) is 67.9 Å². The number of aromatic nitrogens is 1. The Bertz CT molecular complexity index is 1030. The Labute approximate surface area is 176 Å². The summed E-state index contributed by atoms with van der Waals surface area (Å²) >= 11 is 0. The van der Waals surface area contributed by atoms with Crippen LogP contribution in [0, 0.1) is 5.92 Å². The van der Waals surface area contributed by atoms with Crippen molar-refractivity contribution in [1.82, 2.24) is 5.16 Å². The van der Waals surface area contributed by atoms with Crippen LogP contribution in [-0.4, -0.2) is 30.5 Å². The maximum absolute atomic E-state index is 13.0. The van der Waals surface area contributed by atoms with Crippen LogP contribution >= 0.6 is 0 Å². The number of nitrogens with zero attached hydrogens (tertiary/aromatic N) is 1. The van der Waals surface area contributed by atoms with Gasteiger partial charge in [0.2, 0.25) is 5.91 Å². The number of hydrogen-bond acceptors (Lipinski definition) is 6. The predicted molar refractivity (Wildman–Crippen MR) is 111 cm³/mol. The average Bonchev–Trinajstić information content (AvgIpc) is 3.45. The number of sulfone groups is 1. The largest absolute Gasteiger partial charge is 0.360 e. The molecule has 2 fully saturated rings. The number of carbonyl (C=O) groups is 2. The van der Waals surface area contributed by atoms with E-state index in [0.29, 0.717) is 49.4 Å². The van der Waals surface area contributed by atoms with Crippen molar-refractivity contribution in [3.63, 3.8) is 0 Å². The molecular formula is C22H26N2O5S. The molecule has 0 radical (unpaired) electrons. The van der Waals surface area contributed by atoms with Gasteiger partial charge in [0.1, 0.15) is 11.5 Å². The molecule has 30 heavy (non-hydrogen) atoms. The molecule has 1 aromatic heterocycles. The number of hydrogen-bond donors (Lipinski definition) is 1. The zero-order valence-corrected chi connectivity index (χ0v) is 17.8. The minimum Gasteiger partial charge on any atom is -0.360 e. The summed E-state index contributed by atoms with van der Waals surface area (Å²) in [7, 11) is -3.44. The summed E-state index contributed by atoms with van der Waals surface area (Å²) in [4.78, 5) is 23.9. The predicted octanol–water partition coefficient (Wildman–Crippen LogP) is 4.12.